The molecule has 1 aromatic rings. The van der Waals surface area contributed by atoms with Crippen LogP contribution >= 0.6 is 15.9 Å². The Kier molecular flexibility index (Phi) is 7.44. The summed E-state index contributed by atoms with van der Waals surface area (Å²) in [5, 5.41) is 3.37. The van der Waals surface area contributed by atoms with Crippen molar-refractivity contribution in [3.8, 4) is 0 Å². The Morgan fingerprint density at radius 1 is 1.18 bits per heavy atom. The minimum Gasteiger partial charge on any atom is -0.384 e. The number of methoxy groups -OCH3 is 2. The van der Waals surface area contributed by atoms with Crippen molar-refractivity contribution in [1.29, 1.82) is 0 Å². The van der Waals surface area contributed by atoms with Crippen LogP contribution in [0.3, 0.4) is 0 Å². The fourth-order valence-electron chi connectivity index (χ4n) is 1.66. The van der Waals surface area contributed by atoms with Gasteiger partial charge in [0.15, 0.2) is 0 Å². The summed E-state index contributed by atoms with van der Waals surface area (Å²) in [6.07, 6.45) is 0. The molecule has 0 aliphatic carbocycles. The number of benzene rings is 1. The third-order valence-corrected chi connectivity index (χ3v) is 3.11. The van der Waals surface area contributed by atoms with E-state index in [2.05, 4.69) is 45.5 Å². The Bertz CT molecular complexity index is 303. The highest BCUT2D eigenvalue weighted by Gasteiger charge is 2.10. The Morgan fingerprint density at radius 3 is 2.47 bits per heavy atom. The van der Waals surface area contributed by atoms with Gasteiger partial charge in [0.2, 0.25) is 0 Å². The van der Waals surface area contributed by atoms with Gasteiger partial charge in [-0.2, -0.15) is 0 Å². The van der Waals surface area contributed by atoms with Crippen molar-refractivity contribution in [3.05, 3.63) is 34.3 Å². The molecular weight excluding hydrogens is 282 g/mol. The zero-order chi connectivity index (χ0) is 12.5. The lowest BCUT2D eigenvalue weighted by atomic mass is 10.00. The first-order valence-corrected chi connectivity index (χ1v) is 6.51. The van der Waals surface area contributed by atoms with Crippen LogP contribution in [0, 0.1) is 0 Å². The Hall–Kier alpha value is -0.420. The molecule has 0 bridgehead atoms. The second kappa shape index (κ2) is 8.64. The smallest absolute Gasteiger partial charge is 0.0587 e. The summed E-state index contributed by atoms with van der Waals surface area (Å²) in [6.45, 7) is 3.23. The van der Waals surface area contributed by atoms with Crippen molar-refractivity contribution >= 4 is 15.9 Å². The molecule has 3 nitrogen and oxygen atoms in total. The molecule has 0 radical (unpaired) electrons. The third-order valence-electron chi connectivity index (χ3n) is 2.58. The minimum absolute atomic E-state index is 0.380. The normalized spacial score (nSPS) is 12.6. The standard InChI is InChI=1S/C13H20BrNO2/c1-16-8-7-15-9-12(10-17-2)11-3-5-13(14)6-4-11/h3-6,12,15H,7-10H2,1-2H3. The molecule has 1 atom stereocenters. The molecule has 0 spiro atoms. The van der Waals surface area contributed by atoms with Gasteiger partial charge in [-0.1, -0.05) is 28.1 Å². The molecule has 1 unspecified atom stereocenters. The Labute approximate surface area is 112 Å². The van der Waals surface area contributed by atoms with E-state index < -0.39 is 0 Å². The highest BCUT2D eigenvalue weighted by molar-refractivity contribution is 9.10. The fourth-order valence-corrected chi connectivity index (χ4v) is 1.92. The van der Waals surface area contributed by atoms with E-state index in [0.29, 0.717) is 5.92 Å². The van der Waals surface area contributed by atoms with Crippen molar-refractivity contribution in [2.45, 2.75) is 5.92 Å². The van der Waals surface area contributed by atoms with Crippen molar-refractivity contribution < 1.29 is 9.47 Å². The number of rotatable bonds is 8. The fraction of sp³-hybridized carbons (Fsp3) is 0.538. The van der Waals surface area contributed by atoms with Crippen LogP contribution in [0.15, 0.2) is 28.7 Å². The van der Waals surface area contributed by atoms with Crippen LogP contribution in [0.4, 0.5) is 0 Å². The second-order valence-corrected chi connectivity index (χ2v) is 4.82. The molecule has 1 rings (SSSR count). The maximum absolute atomic E-state index is 5.26. The third kappa shape index (κ3) is 5.64. The minimum atomic E-state index is 0.380. The van der Waals surface area contributed by atoms with E-state index in [1.165, 1.54) is 5.56 Å². The summed E-state index contributed by atoms with van der Waals surface area (Å²) in [7, 11) is 3.45. The van der Waals surface area contributed by atoms with Crippen LogP contribution in [-0.4, -0.2) is 40.5 Å². The largest absolute Gasteiger partial charge is 0.384 e. The predicted octanol–water partition coefficient (Wildman–Crippen LogP) is 2.42. The van der Waals surface area contributed by atoms with E-state index >= 15 is 0 Å². The molecule has 17 heavy (non-hydrogen) atoms. The summed E-state index contributed by atoms with van der Waals surface area (Å²) in [4.78, 5) is 0. The molecule has 0 saturated carbocycles. The molecule has 1 N–H and O–H groups in total. The zero-order valence-corrected chi connectivity index (χ0v) is 12.0. The van der Waals surface area contributed by atoms with Crippen LogP contribution in [0.25, 0.3) is 0 Å². The van der Waals surface area contributed by atoms with Gasteiger partial charge >= 0.3 is 0 Å². The molecule has 0 fully saturated rings. The quantitative estimate of drug-likeness (QED) is 0.748. The van der Waals surface area contributed by atoms with E-state index in [1.54, 1.807) is 14.2 Å². The lowest BCUT2D eigenvalue weighted by Crippen LogP contribution is -2.27. The molecule has 0 aromatic heterocycles. The van der Waals surface area contributed by atoms with Gasteiger partial charge in [-0.15, -0.1) is 0 Å². The molecule has 4 heteroatoms. The van der Waals surface area contributed by atoms with Gasteiger partial charge in [-0.05, 0) is 17.7 Å². The van der Waals surface area contributed by atoms with Crippen LogP contribution in [-0.2, 0) is 9.47 Å². The zero-order valence-electron chi connectivity index (χ0n) is 10.4. The van der Waals surface area contributed by atoms with Crippen molar-refractivity contribution in [1.82, 2.24) is 5.32 Å². The summed E-state index contributed by atoms with van der Waals surface area (Å²) < 4.78 is 11.4. The number of nitrogens with one attached hydrogen (secondary N) is 1. The Balaban J connectivity index is 2.49. The van der Waals surface area contributed by atoms with Gasteiger partial charge in [0.1, 0.15) is 0 Å². The van der Waals surface area contributed by atoms with E-state index in [4.69, 9.17) is 9.47 Å². The molecule has 0 aliphatic heterocycles. The van der Waals surface area contributed by atoms with Crippen LogP contribution in [0.5, 0.6) is 0 Å². The summed E-state index contributed by atoms with van der Waals surface area (Å²) >= 11 is 3.44. The SMILES string of the molecule is COCCNCC(COC)c1ccc(Br)cc1. The number of hydrogen-bond acceptors (Lipinski definition) is 3. The average Bonchev–Trinajstić information content (AvgIpc) is 2.34. The van der Waals surface area contributed by atoms with Crippen molar-refractivity contribution in [2.75, 3.05) is 40.5 Å². The molecule has 0 saturated heterocycles. The summed E-state index contributed by atoms with van der Waals surface area (Å²) in [6, 6.07) is 8.39. The number of hydrogen-bond donors (Lipinski definition) is 1. The lowest BCUT2D eigenvalue weighted by Gasteiger charge is -2.17. The number of ether oxygens (including phenoxy) is 2. The second-order valence-electron chi connectivity index (χ2n) is 3.90. The lowest BCUT2D eigenvalue weighted by molar-refractivity contribution is 0.172. The number of halogens is 1. The van der Waals surface area contributed by atoms with Gasteiger partial charge in [0, 0.05) is 37.7 Å². The van der Waals surface area contributed by atoms with Gasteiger partial charge in [0.05, 0.1) is 13.2 Å². The predicted molar refractivity (Wildman–Crippen MR) is 73.5 cm³/mol. The first-order chi connectivity index (χ1) is 8.27. The van der Waals surface area contributed by atoms with E-state index in [-0.39, 0.29) is 0 Å². The van der Waals surface area contributed by atoms with E-state index in [0.717, 1.165) is 30.8 Å². The molecule has 1 aromatic carbocycles. The van der Waals surface area contributed by atoms with E-state index in [1.807, 2.05) is 0 Å². The molecule has 0 aliphatic rings. The summed E-state index contributed by atoms with van der Waals surface area (Å²) in [5.74, 6) is 0.380. The first kappa shape index (κ1) is 14.6. The van der Waals surface area contributed by atoms with Crippen molar-refractivity contribution in [2.24, 2.45) is 0 Å². The average molecular weight is 302 g/mol. The maximum Gasteiger partial charge on any atom is 0.0587 e. The highest BCUT2D eigenvalue weighted by atomic mass is 79.9. The van der Waals surface area contributed by atoms with Gasteiger partial charge in [-0.3, -0.25) is 0 Å². The van der Waals surface area contributed by atoms with Crippen molar-refractivity contribution in [3.63, 3.8) is 0 Å². The molecule has 0 amide bonds. The Morgan fingerprint density at radius 2 is 1.88 bits per heavy atom. The van der Waals surface area contributed by atoms with Crippen LogP contribution < -0.4 is 5.32 Å². The van der Waals surface area contributed by atoms with Gasteiger partial charge in [-0.25, -0.2) is 0 Å². The summed E-state index contributed by atoms with van der Waals surface area (Å²) in [5.41, 5.74) is 1.29. The topological polar surface area (TPSA) is 30.5 Å². The molecule has 96 valence electrons. The first-order valence-electron chi connectivity index (χ1n) is 5.72. The maximum atomic E-state index is 5.26. The molecule has 0 heterocycles. The van der Waals surface area contributed by atoms with E-state index in [9.17, 15) is 0 Å². The van der Waals surface area contributed by atoms with Gasteiger partial charge < -0.3 is 14.8 Å². The van der Waals surface area contributed by atoms with Crippen LogP contribution in [0.2, 0.25) is 0 Å². The molecular formula is C13H20BrNO2. The van der Waals surface area contributed by atoms with Crippen LogP contribution in [0.1, 0.15) is 11.5 Å². The monoisotopic (exact) mass is 301 g/mol. The highest BCUT2D eigenvalue weighted by Crippen LogP contribution is 2.18. The van der Waals surface area contributed by atoms with Gasteiger partial charge in [0.25, 0.3) is 0 Å².